The Hall–Kier alpha value is -2.79. The van der Waals surface area contributed by atoms with Gasteiger partial charge in [-0.15, -0.1) is 0 Å². The summed E-state index contributed by atoms with van der Waals surface area (Å²) in [5.41, 5.74) is 9.12. The number of nitrogens with two attached hydrogens (primary N) is 1. The van der Waals surface area contributed by atoms with Crippen LogP contribution in [0.25, 0.3) is 10.9 Å². The van der Waals surface area contributed by atoms with E-state index < -0.39 is 5.79 Å². The maximum atomic E-state index is 6.35. The van der Waals surface area contributed by atoms with Gasteiger partial charge in [0.15, 0.2) is 5.82 Å². The minimum Gasteiger partial charge on any atom is -0.342 e. The summed E-state index contributed by atoms with van der Waals surface area (Å²) in [7, 11) is 0. The van der Waals surface area contributed by atoms with E-state index in [-0.39, 0.29) is 0 Å². The van der Waals surface area contributed by atoms with E-state index >= 15 is 0 Å². The van der Waals surface area contributed by atoms with E-state index in [4.69, 9.17) is 5.73 Å². The van der Waals surface area contributed by atoms with Crippen LogP contribution >= 0.6 is 0 Å². The lowest BCUT2D eigenvalue weighted by molar-refractivity contribution is 0.505. The molecule has 1 aliphatic rings. The number of benzene rings is 2. The van der Waals surface area contributed by atoms with Crippen molar-refractivity contribution in [2.24, 2.45) is 10.7 Å². The van der Waals surface area contributed by atoms with Gasteiger partial charge in [-0.25, -0.2) is 15.0 Å². The van der Waals surface area contributed by atoms with Crippen LogP contribution < -0.4 is 11.1 Å². The zero-order chi connectivity index (χ0) is 14.3. The van der Waals surface area contributed by atoms with E-state index in [9.17, 15) is 0 Å². The van der Waals surface area contributed by atoms with Crippen LogP contribution in [0.1, 0.15) is 11.4 Å². The molecule has 0 radical (unpaired) electrons. The van der Waals surface area contributed by atoms with Gasteiger partial charge in [0.2, 0.25) is 5.79 Å². The molecular weight excluding hydrogens is 262 g/mol. The van der Waals surface area contributed by atoms with Crippen molar-refractivity contribution in [1.29, 1.82) is 0 Å². The van der Waals surface area contributed by atoms with Gasteiger partial charge in [-0.05, 0) is 12.1 Å². The van der Waals surface area contributed by atoms with Crippen LogP contribution in [0.2, 0.25) is 0 Å². The fourth-order valence-electron chi connectivity index (χ4n) is 2.40. The Morgan fingerprint density at radius 2 is 1.81 bits per heavy atom. The molecule has 0 saturated heterocycles. The number of para-hydroxylation sites is 2. The number of nitrogens with zero attached hydrogens (tertiary/aromatic N) is 3. The van der Waals surface area contributed by atoms with Crippen molar-refractivity contribution in [3.05, 3.63) is 66.1 Å². The molecule has 102 valence electrons. The maximum Gasteiger partial charge on any atom is 0.244 e. The summed E-state index contributed by atoms with van der Waals surface area (Å²) in [6, 6.07) is 15.6. The van der Waals surface area contributed by atoms with E-state index in [0.717, 1.165) is 22.2 Å². The Labute approximate surface area is 121 Å². The summed E-state index contributed by atoms with van der Waals surface area (Å²) >= 11 is 0. The third-order valence-electron chi connectivity index (χ3n) is 3.52. The average Bonchev–Trinajstić information content (AvgIpc) is 2.54. The molecular formula is C16H13N5. The highest BCUT2D eigenvalue weighted by Crippen LogP contribution is 2.27. The molecule has 4 rings (SSSR count). The number of aliphatic imine (C=N–C) groups is 1. The molecule has 0 saturated carbocycles. The van der Waals surface area contributed by atoms with Crippen LogP contribution in [0.5, 0.6) is 0 Å². The molecule has 21 heavy (non-hydrogen) atoms. The van der Waals surface area contributed by atoms with Crippen LogP contribution in [0, 0.1) is 0 Å². The molecule has 0 aliphatic carbocycles. The zero-order valence-corrected chi connectivity index (χ0v) is 11.2. The SMILES string of the molecule is NC1(c2ncc3ccccc3n2)N=Cc2ccccc2N1. The molecule has 1 aliphatic heterocycles. The molecule has 2 aromatic carbocycles. The molecule has 5 heteroatoms. The van der Waals surface area contributed by atoms with Crippen molar-refractivity contribution in [2.75, 3.05) is 5.32 Å². The Morgan fingerprint density at radius 3 is 2.76 bits per heavy atom. The largest absolute Gasteiger partial charge is 0.342 e. The van der Waals surface area contributed by atoms with Crippen molar-refractivity contribution in [3.8, 4) is 0 Å². The number of anilines is 1. The summed E-state index contributed by atoms with van der Waals surface area (Å²) in [6.07, 6.45) is 3.52. The van der Waals surface area contributed by atoms with Crippen LogP contribution in [0.3, 0.4) is 0 Å². The van der Waals surface area contributed by atoms with Crippen molar-refractivity contribution < 1.29 is 0 Å². The lowest BCUT2D eigenvalue weighted by Gasteiger charge is -2.29. The van der Waals surface area contributed by atoms with Crippen molar-refractivity contribution in [2.45, 2.75) is 5.79 Å². The standard InChI is InChI=1S/C16H13N5/c17-16(19-10-12-6-2-4-8-14(12)21-16)15-18-9-11-5-1-3-7-13(11)20-15/h1-10,21H,17H2. The fourth-order valence-corrected chi connectivity index (χ4v) is 2.40. The molecule has 1 unspecified atom stereocenters. The van der Waals surface area contributed by atoms with Crippen LogP contribution in [-0.4, -0.2) is 16.2 Å². The second-order valence-electron chi connectivity index (χ2n) is 4.99. The Morgan fingerprint density at radius 1 is 1.00 bits per heavy atom. The van der Waals surface area contributed by atoms with E-state index in [1.807, 2.05) is 48.5 Å². The first-order valence-corrected chi connectivity index (χ1v) is 6.68. The van der Waals surface area contributed by atoms with E-state index in [2.05, 4.69) is 20.3 Å². The van der Waals surface area contributed by atoms with Gasteiger partial charge in [-0.2, -0.15) is 0 Å². The van der Waals surface area contributed by atoms with Gasteiger partial charge < -0.3 is 5.32 Å². The normalized spacial score (nSPS) is 20.0. The number of hydrogen-bond donors (Lipinski definition) is 2. The highest BCUT2D eigenvalue weighted by atomic mass is 15.3. The summed E-state index contributed by atoms with van der Waals surface area (Å²) in [5.74, 6) is -0.690. The predicted molar refractivity (Wildman–Crippen MR) is 83.1 cm³/mol. The number of rotatable bonds is 1. The Bertz CT molecular complexity index is 858. The molecule has 0 spiro atoms. The van der Waals surface area contributed by atoms with Gasteiger partial charge in [-0.1, -0.05) is 36.4 Å². The molecule has 0 bridgehead atoms. The molecule has 3 aromatic rings. The first-order valence-electron chi connectivity index (χ1n) is 6.68. The molecule has 1 atom stereocenters. The highest BCUT2D eigenvalue weighted by molar-refractivity contribution is 5.90. The second kappa shape index (κ2) is 4.36. The van der Waals surface area contributed by atoms with Crippen molar-refractivity contribution >= 4 is 22.8 Å². The molecule has 0 amide bonds. The third-order valence-corrected chi connectivity index (χ3v) is 3.52. The third kappa shape index (κ3) is 1.95. The zero-order valence-electron chi connectivity index (χ0n) is 11.2. The number of aromatic nitrogens is 2. The smallest absolute Gasteiger partial charge is 0.244 e. The monoisotopic (exact) mass is 275 g/mol. The van der Waals surface area contributed by atoms with Crippen molar-refractivity contribution in [1.82, 2.24) is 9.97 Å². The number of hydrogen-bond acceptors (Lipinski definition) is 5. The molecule has 3 N–H and O–H groups in total. The molecule has 1 aromatic heterocycles. The van der Waals surface area contributed by atoms with Crippen LogP contribution in [0.15, 0.2) is 59.7 Å². The van der Waals surface area contributed by atoms with Gasteiger partial charge in [0.05, 0.1) is 5.52 Å². The lowest BCUT2D eigenvalue weighted by Crippen LogP contribution is -2.46. The second-order valence-corrected chi connectivity index (χ2v) is 4.99. The molecule has 2 heterocycles. The quantitative estimate of drug-likeness (QED) is 0.714. The highest BCUT2D eigenvalue weighted by Gasteiger charge is 2.32. The van der Waals surface area contributed by atoms with Gasteiger partial charge in [0.1, 0.15) is 0 Å². The van der Waals surface area contributed by atoms with Crippen LogP contribution in [-0.2, 0) is 5.79 Å². The first kappa shape index (κ1) is 12.0. The number of nitrogens with one attached hydrogen (secondary N) is 1. The van der Waals surface area contributed by atoms with Gasteiger partial charge >= 0.3 is 0 Å². The van der Waals surface area contributed by atoms with E-state index in [1.54, 1.807) is 12.4 Å². The number of fused-ring (bicyclic) bond motifs is 2. The summed E-state index contributed by atoms with van der Waals surface area (Å²) in [5, 5.41) is 4.19. The average molecular weight is 275 g/mol. The van der Waals surface area contributed by atoms with E-state index in [0.29, 0.717) is 5.82 Å². The first-order chi connectivity index (χ1) is 10.2. The summed E-state index contributed by atoms with van der Waals surface area (Å²) in [6.45, 7) is 0. The Balaban J connectivity index is 1.81. The maximum absolute atomic E-state index is 6.35. The minimum absolute atomic E-state index is 0.451. The summed E-state index contributed by atoms with van der Waals surface area (Å²) in [4.78, 5) is 13.3. The summed E-state index contributed by atoms with van der Waals surface area (Å²) < 4.78 is 0. The van der Waals surface area contributed by atoms with Gasteiger partial charge in [0, 0.05) is 29.0 Å². The van der Waals surface area contributed by atoms with Crippen molar-refractivity contribution in [3.63, 3.8) is 0 Å². The van der Waals surface area contributed by atoms with Gasteiger partial charge in [0.25, 0.3) is 0 Å². The minimum atomic E-state index is -1.14. The Kier molecular flexibility index (Phi) is 2.49. The van der Waals surface area contributed by atoms with Gasteiger partial charge in [-0.3, -0.25) is 5.73 Å². The fraction of sp³-hybridized carbons (Fsp3) is 0.0625. The predicted octanol–water partition coefficient (Wildman–Crippen LogP) is 2.24. The molecule has 5 nitrogen and oxygen atoms in total. The van der Waals surface area contributed by atoms with Crippen LogP contribution in [0.4, 0.5) is 5.69 Å². The van der Waals surface area contributed by atoms with E-state index in [1.165, 1.54) is 0 Å². The molecule has 0 fully saturated rings. The topological polar surface area (TPSA) is 76.2 Å². The lowest BCUT2D eigenvalue weighted by atomic mass is 10.1.